The summed E-state index contributed by atoms with van der Waals surface area (Å²) in [6.45, 7) is 2.33. The fraction of sp³-hybridized carbons (Fsp3) is 0.300. The lowest BCUT2D eigenvalue weighted by molar-refractivity contribution is 0.281. The van der Waals surface area contributed by atoms with Crippen molar-refractivity contribution in [3.8, 4) is 0 Å². The molecule has 0 heterocycles. The second-order valence-electron chi connectivity index (χ2n) is 6.17. The molecule has 0 fully saturated rings. The van der Waals surface area contributed by atoms with E-state index >= 15 is 0 Å². The third-order valence-corrected chi connectivity index (χ3v) is 7.40. The van der Waals surface area contributed by atoms with Gasteiger partial charge in [-0.3, -0.25) is 0 Å². The van der Waals surface area contributed by atoms with E-state index in [0.717, 1.165) is 0 Å². The normalized spacial score (nSPS) is 23.3. The van der Waals surface area contributed by atoms with E-state index in [1.807, 2.05) is 0 Å². The molecule has 2 aliphatic rings. The van der Waals surface area contributed by atoms with Crippen LogP contribution in [0.3, 0.4) is 0 Å². The molecule has 2 aliphatic carbocycles. The fourth-order valence-corrected chi connectivity index (χ4v) is 6.02. The van der Waals surface area contributed by atoms with E-state index < -0.39 is 0 Å². The van der Waals surface area contributed by atoms with Crippen LogP contribution in [0.2, 0.25) is 0 Å². The molecule has 0 N–H and O–H groups in total. The molecule has 1 aromatic rings. The SMILES string of the molecule is C[C@@H](C1C=CC=C1P(c1ccccc1)C1C=CC=C1)N(C)C. The van der Waals surface area contributed by atoms with Crippen molar-refractivity contribution < 1.29 is 0 Å². The number of nitrogens with zero attached hydrogens (tertiary/aromatic N) is 1. The highest BCUT2D eigenvalue weighted by Crippen LogP contribution is 2.55. The zero-order chi connectivity index (χ0) is 15.5. The second-order valence-corrected chi connectivity index (χ2v) is 8.54. The van der Waals surface area contributed by atoms with Gasteiger partial charge in [-0.15, -0.1) is 0 Å². The van der Waals surface area contributed by atoms with E-state index in [9.17, 15) is 0 Å². The monoisotopic (exact) mass is 309 g/mol. The molecule has 0 spiro atoms. The number of allylic oxidation sites excluding steroid dienone is 6. The van der Waals surface area contributed by atoms with Gasteiger partial charge in [-0.25, -0.2) is 0 Å². The van der Waals surface area contributed by atoms with Gasteiger partial charge in [-0.2, -0.15) is 0 Å². The first-order valence-electron chi connectivity index (χ1n) is 7.92. The van der Waals surface area contributed by atoms with Gasteiger partial charge in [0.05, 0.1) is 0 Å². The summed E-state index contributed by atoms with van der Waals surface area (Å²) in [4.78, 5) is 2.33. The van der Waals surface area contributed by atoms with Gasteiger partial charge >= 0.3 is 0 Å². The second kappa shape index (κ2) is 6.77. The number of hydrogen-bond acceptors (Lipinski definition) is 1. The Balaban J connectivity index is 1.96. The van der Waals surface area contributed by atoms with E-state index in [0.29, 0.717) is 17.6 Å². The molecule has 22 heavy (non-hydrogen) atoms. The van der Waals surface area contributed by atoms with Gasteiger partial charge in [-0.05, 0) is 39.6 Å². The predicted molar refractivity (Wildman–Crippen MR) is 98.9 cm³/mol. The molecule has 3 atom stereocenters. The third-order valence-electron chi connectivity index (χ3n) is 4.60. The lowest BCUT2D eigenvalue weighted by Gasteiger charge is -2.33. The number of benzene rings is 1. The molecule has 0 aromatic heterocycles. The maximum atomic E-state index is 2.38. The summed E-state index contributed by atoms with van der Waals surface area (Å²) < 4.78 is 0. The Bertz CT molecular complexity index is 612. The summed E-state index contributed by atoms with van der Waals surface area (Å²) in [6, 6.07) is 11.6. The summed E-state index contributed by atoms with van der Waals surface area (Å²) in [5.74, 6) is 0.517. The van der Waals surface area contributed by atoms with Crippen LogP contribution in [-0.4, -0.2) is 30.7 Å². The Labute approximate surface area is 135 Å². The first-order chi connectivity index (χ1) is 10.7. The topological polar surface area (TPSA) is 3.24 Å². The average Bonchev–Trinajstić information content (AvgIpc) is 3.20. The third kappa shape index (κ3) is 3.02. The van der Waals surface area contributed by atoms with Crippen molar-refractivity contribution >= 4 is 13.2 Å². The van der Waals surface area contributed by atoms with Crippen LogP contribution in [-0.2, 0) is 0 Å². The van der Waals surface area contributed by atoms with Crippen LogP contribution in [0.15, 0.2) is 78.2 Å². The van der Waals surface area contributed by atoms with Crippen molar-refractivity contribution in [3.63, 3.8) is 0 Å². The maximum absolute atomic E-state index is 2.38. The number of hydrogen-bond donors (Lipinski definition) is 0. The highest BCUT2D eigenvalue weighted by atomic mass is 31.1. The van der Waals surface area contributed by atoms with Gasteiger partial charge in [0.15, 0.2) is 0 Å². The predicted octanol–water partition coefficient (Wildman–Crippen LogP) is 4.31. The molecule has 0 aliphatic heterocycles. The van der Waals surface area contributed by atoms with E-state index in [4.69, 9.17) is 0 Å². The molecule has 0 saturated heterocycles. The minimum atomic E-state index is -0.356. The lowest BCUT2D eigenvalue weighted by atomic mass is 10.0. The Kier molecular flexibility index (Phi) is 4.76. The molecule has 0 bridgehead atoms. The number of rotatable bonds is 5. The average molecular weight is 309 g/mol. The minimum Gasteiger partial charge on any atom is -0.306 e. The Morgan fingerprint density at radius 1 is 0.955 bits per heavy atom. The standard InChI is InChI=1S/C20H24NP/c1-16(21(2)3)19-14-9-15-20(19)22(18-12-7-8-13-18)17-10-5-4-6-11-17/h4-16,18-19H,1-3H3/t16-,19?,22?/m0/s1. The van der Waals surface area contributed by atoms with E-state index in [1.165, 1.54) is 5.30 Å². The van der Waals surface area contributed by atoms with Gasteiger partial charge in [0.2, 0.25) is 0 Å². The van der Waals surface area contributed by atoms with Gasteiger partial charge in [0, 0.05) is 17.6 Å². The Hall–Kier alpha value is -1.43. The van der Waals surface area contributed by atoms with Crippen molar-refractivity contribution in [2.75, 3.05) is 14.1 Å². The highest BCUT2D eigenvalue weighted by Gasteiger charge is 2.32. The lowest BCUT2D eigenvalue weighted by Crippen LogP contribution is -2.32. The quantitative estimate of drug-likeness (QED) is 0.733. The molecule has 2 heteroatoms. The first kappa shape index (κ1) is 15.5. The van der Waals surface area contributed by atoms with Crippen LogP contribution in [0.1, 0.15) is 6.92 Å². The Morgan fingerprint density at radius 3 is 2.27 bits per heavy atom. The van der Waals surface area contributed by atoms with E-state index in [1.54, 1.807) is 5.31 Å². The van der Waals surface area contributed by atoms with E-state index in [-0.39, 0.29) is 7.92 Å². The minimum absolute atomic E-state index is 0.356. The van der Waals surface area contributed by atoms with E-state index in [2.05, 4.69) is 98.8 Å². The smallest absolute Gasteiger partial charge is 0.0234 e. The molecule has 1 nitrogen and oxygen atoms in total. The first-order valence-corrected chi connectivity index (χ1v) is 9.33. The van der Waals surface area contributed by atoms with Crippen molar-refractivity contribution in [1.82, 2.24) is 4.90 Å². The summed E-state index contributed by atoms with van der Waals surface area (Å²) in [6.07, 6.45) is 16.1. The molecule has 0 amide bonds. The fourth-order valence-electron chi connectivity index (χ4n) is 3.13. The highest BCUT2D eigenvalue weighted by molar-refractivity contribution is 7.70. The van der Waals surface area contributed by atoms with Crippen LogP contribution in [0.4, 0.5) is 0 Å². The van der Waals surface area contributed by atoms with Gasteiger partial charge in [0.1, 0.15) is 0 Å². The zero-order valence-electron chi connectivity index (χ0n) is 13.6. The molecular weight excluding hydrogens is 285 g/mol. The maximum Gasteiger partial charge on any atom is 0.0234 e. The van der Waals surface area contributed by atoms with Crippen LogP contribution in [0, 0.1) is 5.92 Å². The summed E-state index contributed by atoms with van der Waals surface area (Å²) in [5.41, 5.74) is 0.528. The van der Waals surface area contributed by atoms with Crippen LogP contribution < -0.4 is 5.30 Å². The van der Waals surface area contributed by atoms with Crippen molar-refractivity contribution in [2.24, 2.45) is 5.92 Å². The van der Waals surface area contributed by atoms with Crippen molar-refractivity contribution in [1.29, 1.82) is 0 Å². The van der Waals surface area contributed by atoms with Gasteiger partial charge in [-0.1, -0.05) is 72.9 Å². The summed E-state index contributed by atoms with van der Waals surface area (Å²) in [7, 11) is 3.99. The zero-order valence-corrected chi connectivity index (χ0v) is 14.4. The summed E-state index contributed by atoms with van der Waals surface area (Å²) in [5, 5.41) is 3.08. The molecule has 2 unspecified atom stereocenters. The summed E-state index contributed by atoms with van der Waals surface area (Å²) >= 11 is 0. The molecule has 3 rings (SSSR count). The van der Waals surface area contributed by atoms with Crippen LogP contribution in [0.25, 0.3) is 0 Å². The van der Waals surface area contributed by atoms with Gasteiger partial charge in [0.25, 0.3) is 0 Å². The largest absolute Gasteiger partial charge is 0.306 e. The molecule has 1 aromatic carbocycles. The Morgan fingerprint density at radius 2 is 1.64 bits per heavy atom. The van der Waals surface area contributed by atoms with Crippen LogP contribution >= 0.6 is 7.92 Å². The van der Waals surface area contributed by atoms with Crippen LogP contribution in [0.5, 0.6) is 0 Å². The molecule has 114 valence electrons. The molecule has 0 radical (unpaired) electrons. The molecular formula is C20H24NP. The van der Waals surface area contributed by atoms with Crippen molar-refractivity contribution in [3.05, 3.63) is 78.2 Å². The molecule has 0 saturated carbocycles. The van der Waals surface area contributed by atoms with Crippen molar-refractivity contribution in [2.45, 2.75) is 18.6 Å². The van der Waals surface area contributed by atoms with Gasteiger partial charge < -0.3 is 4.90 Å².